The molecule has 11 heteroatoms. The second kappa shape index (κ2) is 7.03. The molecule has 0 atom stereocenters. The zero-order valence-electron chi connectivity index (χ0n) is 13.9. The fourth-order valence-corrected chi connectivity index (χ4v) is 3.35. The van der Waals surface area contributed by atoms with E-state index in [1.54, 1.807) is 17.4 Å². The number of cyclic esters (lactones) is 1. The third-order valence-corrected chi connectivity index (χ3v) is 4.83. The van der Waals surface area contributed by atoms with Gasteiger partial charge in [0.1, 0.15) is 12.4 Å². The summed E-state index contributed by atoms with van der Waals surface area (Å²) in [6.07, 6.45) is -0.529. The molecule has 3 heterocycles. The van der Waals surface area contributed by atoms with Crippen LogP contribution in [0, 0.1) is 10.1 Å². The van der Waals surface area contributed by atoms with Crippen molar-refractivity contribution in [2.24, 2.45) is 0 Å². The maximum absolute atomic E-state index is 11.9. The van der Waals surface area contributed by atoms with Crippen molar-refractivity contribution in [1.29, 1.82) is 0 Å². The summed E-state index contributed by atoms with van der Waals surface area (Å²) in [5, 5.41) is 23.2. The van der Waals surface area contributed by atoms with Crippen molar-refractivity contribution in [3.63, 3.8) is 0 Å². The van der Waals surface area contributed by atoms with Gasteiger partial charge in [-0.15, -0.1) is 11.3 Å². The number of ether oxygens (including phenoxy) is 1. The number of carbonyl (C=O) groups is 1. The largest absolute Gasteiger partial charge is 0.447 e. The minimum atomic E-state index is -0.529. The van der Waals surface area contributed by atoms with Gasteiger partial charge >= 0.3 is 6.09 Å². The SMILES string of the molecule is O=C1OCCN1c1cc([N+](=O)[O-])ccc1NCc1nc(-c2cccs2)n[nH]1. The molecule has 138 valence electrons. The summed E-state index contributed by atoms with van der Waals surface area (Å²) in [6.45, 7) is 0.888. The number of non-ortho nitro benzene ring substituents is 1. The lowest BCUT2D eigenvalue weighted by Gasteiger charge is -2.17. The van der Waals surface area contributed by atoms with Crippen LogP contribution in [0.1, 0.15) is 5.82 Å². The first kappa shape index (κ1) is 17.0. The number of benzene rings is 1. The summed E-state index contributed by atoms with van der Waals surface area (Å²) in [4.78, 5) is 29.2. The lowest BCUT2D eigenvalue weighted by molar-refractivity contribution is -0.384. The molecule has 0 unspecified atom stereocenters. The highest BCUT2D eigenvalue weighted by Crippen LogP contribution is 2.32. The molecule has 4 rings (SSSR count). The highest BCUT2D eigenvalue weighted by atomic mass is 32.1. The molecule has 1 fully saturated rings. The van der Waals surface area contributed by atoms with Crippen LogP contribution in [0.25, 0.3) is 10.7 Å². The molecule has 0 saturated carbocycles. The lowest BCUT2D eigenvalue weighted by Crippen LogP contribution is -2.24. The van der Waals surface area contributed by atoms with Crippen molar-refractivity contribution < 1.29 is 14.5 Å². The number of nitrogens with one attached hydrogen (secondary N) is 2. The zero-order chi connectivity index (χ0) is 18.8. The summed E-state index contributed by atoms with van der Waals surface area (Å²) in [5.41, 5.74) is 0.855. The maximum Gasteiger partial charge on any atom is 0.414 e. The monoisotopic (exact) mass is 386 g/mol. The van der Waals surface area contributed by atoms with Crippen LogP contribution < -0.4 is 10.2 Å². The van der Waals surface area contributed by atoms with Gasteiger partial charge in [0.05, 0.1) is 34.3 Å². The normalized spacial score (nSPS) is 13.6. The number of aromatic nitrogens is 3. The van der Waals surface area contributed by atoms with Crippen LogP contribution in [0.4, 0.5) is 21.9 Å². The summed E-state index contributed by atoms with van der Waals surface area (Å²) in [5.74, 6) is 1.21. The maximum atomic E-state index is 11.9. The van der Waals surface area contributed by atoms with Crippen molar-refractivity contribution in [3.05, 3.63) is 51.7 Å². The number of rotatable bonds is 6. The second-order valence-corrected chi connectivity index (χ2v) is 6.61. The molecule has 0 bridgehead atoms. The van der Waals surface area contributed by atoms with Crippen molar-refractivity contribution in [2.45, 2.75) is 6.54 Å². The average molecular weight is 386 g/mol. The van der Waals surface area contributed by atoms with Crippen LogP contribution in [0.3, 0.4) is 0 Å². The molecule has 1 aliphatic rings. The van der Waals surface area contributed by atoms with E-state index >= 15 is 0 Å². The Labute approximate surface area is 156 Å². The van der Waals surface area contributed by atoms with Crippen LogP contribution in [0.2, 0.25) is 0 Å². The third kappa shape index (κ3) is 3.44. The van der Waals surface area contributed by atoms with Gasteiger partial charge in [-0.3, -0.25) is 20.1 Å². The van der Waals surface area contributed by atoms with E-state index in [-0.39, 0.29) is 12.3 Å². The van der Waals surface area contributed by atoms with Gasteiger partial charge in [-0.25, -0.2) is 9.78 Å². The number of anilines is 2. The minimum Gasteiger partial charge on any atom is -0.447 e. The predicted octanol–water partition coefficient (Wildman–Crippen LogP) is 3.01. The molecule has 10 nitrogen and oxygen atoms in total. The van der Waals surface area contributed by atoms with Crippen molar-refractivity contribution >= 4 is 34.5 Å². The van der Waals surface area contributed by atoms with Gasteiger partial charge in [0.2, 0.25) is 0 Å². The second-order valence-electron chi connectivity index (χ2n) is 5.66. The first-order valence-corrected chi connectivity index (χ1v) is 8.91. The Hall–Kier alpha value is -3.47. The third-order valence-electron chi connectivity index (χ3n) is 3.96. The van der Waals surface area contributed by atoms with E-state index in [1.807, 2.05) is 17.5 Å². The Balaban J connectivity index is 1.56. The molecule has 2 N–H and O–H groups in total. The van der Waals surface area contributed by atoms with Crippen LogP contribution in [0.15, 0.2) is 35.7 Å². The molecule has 0 aliphatic carbocycles. The van der Waals surface area contributed by atoms with Gasteiger partial charge in [-0.2, -0.15) is 5.10 Å². The first-order valence-electron chi connectivity index (χ1n) is 8.03. The molecule has 1 saturated heterocycles. The summed E-state index contributed by atoms with van der Waals surface area (Å²) >= 11 is 1.54. The lowest BCUT2D eigenvalue weighted by atomic mass is 10.2. The molecule has 2 aromatic heterocycles. The fraction of sp³-hybridized carbons (Fsp3) is 0.188. The van der Waals surface area contributed by atoms with Crippen LogP contribution in [-0.2, 0) is 11.3 Å². The average Bonchev–Trinajstić information content (AvgIpc) is 3.41. The van der Waals surface area contributed by atoms with Crippen LogP contribution >= 0.6 is 11.3 Å². The molecule has 1 aromatic carbocycles. The van der Waals surface area contributed by atoms with Gasteiger partial charge < -0.3 is 10.1 Å². The minimum absolute atomic E-state index is 0.102. The van der Waals surface area contributed by atoms with E-state index in [0.717, 1.165) is 4.88 Å². The van der Waals surface area contributed by atoms with Crippen LogP contribution in [-0.4, -0.2) is 39.3 Å². The van der Waals surface area contributed by atoms with E-state index in [4.69, 9.17) is 4.74 Å². The molecule has 3 aromatic rings. The molecule has 27 heavy (non-hydrogen) atoms. The standard InChI is InChI=1S/C16H14N6O4S/c23-16-21(5-6-26-16)12-8-10(22(24)25)3-4-11(12)17-9-14-18-15(20-19-14)13-2-1-7-27-13/h1-4,7-8,17H,5-6,9H2,(H,18,19,20). The van der Waals surface area contributed by atoms with Crippen molar-refractivity contribution in [2.75, 3.05) is 23.4 Å². The number of amides is 1. The Bertz CT molecular complexity index is 987. The number of aromatic amines is 1. The number of carbonyl (C=O) groups excluding carboxylic acids is 1. The molecule has 1 aliphatic heterocycles. The van der Waals surface area contributed by atoms with E-state index in [0.29, 0.717) is 36.1 Å². The fourth-order valence-electron chi connectivity index (χ4n) is 2.69. The number of H-pyrrole nitrogens is 1. The zero-order valence-corrected chi connectivity index (χ0v) is 14.7. The van der Waals surface area contributed by atoms with E-state index < -0.39 is 11.0 Å². The summed E-state index contributed by atoms with van der Waals surface area (Å²) < 4.78 is 4.94. The Morgan fingerprint density at radius 2 is 2.30 bits per heavy atom. The van der Waals surface area contributed by atoms with Gasteiger partial charge in [-0.1, -0.05) is 6.07 Å². The van der Waals surface area contributed by atoms with Gasteiger partial charge in [0, 0.05) is 12.1 Å². The Morgan fingerprint density at radius 3 is 3.00 bits per heavy atom. The predicted molar refractivity (Wildman–Crippen MR) is 98.8 cm³/mol. The molecule has 1 amide bonds. The molecular weight excluding hydrogens is 372 g/mol. The Morgan fingerprint density at radius 1 is 1.41 bits per heavy atom. The summed E-state index contributed by atoms with van der Waals surface area (Å²) in [7, 11) is 0. The highest BCUT2D eigenvalue weighted by molar-refractivity contribution is 7.13. The number of nitrogens with zero attached hydrogens (tertiary/aromatic N) is 4. The van der Waals surface area contributed by atoms with Crippen molar-refractivity contribution in [3.8, 4) is 10.7 Å². The topological polar surface area (TPSA) is 126 Å². The van der Waals surface area contributed by atoms with E-state index in [1.165, 1.54) is 17.0 Å². The molecule has 0 spiro atoms. The number of nitro benzene ring substituents is 1. The Kier molecular flexibility index (Phi) is 4.42. The summed E-state index contributed by atoms with van der Waals surface area (Å²) in [6, 6.07) is 8.15. The smallest absolute Gasteiger partial charge is 0.414 e. The van der Waals surface area contributed by atoms with Gasteiger partial charge in [-0.05, 0) is 17.5 Å². The number of thiophene rings is 1. The van der Waals surface area contributed by atoms with Gasteiger partial charge in [0.25, 0.3) is 5.69 Å². The van der Waals surface area contributed by atoms with Crippen LogP contribution in [0.5, 0.6) is 0 Å². The number of hydrogen-bond donors (Lipinski definition) is 2. The van der Waals surface area contributed by atoms with Gasteiger partial charge in [0.15, 0.2) is 5.82 Å². The van der Waals surface area contributed by atoms with Crippen molar-refractivity contribution in [1.82, 2.24) is 15.2 Å². The molecular formula is C16H14N6O4S. The number of nitro groups is 1. The first-order chi connectivity index (χ1) is 13.1. The number of hydrogen-bond acceptors (Lipinski definition) is 8. The quantitative estimate of drug-likeness (QED) is 0.492. The highest BCUT2D eigenvalue weighted by Gasteiger charge is 2.27. The van der Waals surface area contributed by atoms with E-state index in [9.17, 15) is 14.9 Å². The van der Waals surface area contributed by atoms with E-state index in [2.05, 4.69) is 20.5 Å². The molecule has 0 radical (unpaired) electrons.